The summed E-state index contributed by atoms with van der Waals surface area (Å²) in [5.41, 5.74) is 7.11. The number of aromatic nitrogens is 1. The minimum atomic E-state index is -0.224. The maximum atomic E-state index is 12.9. The molecule has 94 valence electrons. The highest BCUT2D eigenvalue weighted by atomic mass is 32.2. The van der Waals surface area contributed by atoms with Crippen molar-refractivity contribution in [1.82, 2.24) is 4.98 Å². The molecule has 2 N–H and O–H groups in total. The molecule has 2 unspecified atom stereocenters. The summed E-state index contributed by atoms with van der Waals surface area (Å²) >= 11 is 1.63. The van der Waals surface area contributed by atoms with Crippen LogP contribution in [0, 0.1) is 5.82 Å². The molecule has 1 aromatic carbocycles. The normalized spacial score (nSPS) is 14.2. The zero-order valence-corrected chi connectivity index (χ0v) is 10.9. The summed E-state index contributed by atoms with van der Waals surface area (Å²) in [4.78, 5) is 5.12. The Labute approximate surface area is 110 Å². The average Bonchev–Trinajstić information content (AvgIpc) is 2.38. The Morgan fingerprint density at radius 1 is 1.22 bits per heavy atom. The molecule has 0 aliphatic heterocycles. The van der Waals surface area contributed by atoms with Crippen LogP contribution in [0.25, 0.3) is 0 Å². The number of benzene rings is 1. The molecule has 1 heterocycles. The molecule has 2 atom stereocenters. The number of hydrogen-bond acceptors (Lipinski definition) is 3. The van der Waals surface area contributed by atoms with Crippen molar-refractivity contribution in [3.8, 4) is 0 Å². The molecule has 0 spiro atoms. The van der Waals surface area contributed by atoms with Gasteiger partial charge in [-0.05, 0) is 42.8 Å². The topological polar surface area (TPSA) is 38.9 Å². The summed E-state index contributed by atoms with van der Waals surface area (Å²) in [6, 6.07) is 10.4. The lowest BCUT2D eigenvalue weighted by molar-refractivity contribution is 0.626. The Morgan fingerprint density at radius 3 is 2.50 bits per heavy atom. The van der Waals surface area contributed by atoms with Gasteiger partial charge in [0, 0.05) is 23.3 Å². The lowest BCUT2D eigenvalue weighted by Gasteiger charge is -2.20. The van der Waals surface area contributed by atoms with Crippen LogP contribution in [0.15, 0.2) is 53.7 Å². The lowest BCUT2D eigenvalue weighted by Crippen LogP contribution is -2.22. The first-order valence-electron chi connectivity index (χ1n) is 5.74. The number of hydrogen-bond donors (Lipinski definition) is 1. The number of rotatable bonds is 4. The van der Waals surface area contributed by atoms with E-state index in [9.17, 15) is 4.39 Å². The molecule has 0 amide bonds. The van der Waals surface area contributed by atoms with Gasteiger partial charge in [-0.25, -0.2) is 4.39 Å². The van der Waals surface area contributed by atoms with Crippen LogP contribution in [0.4, 0.5) is 4.39 Å². The molecule has 1 aromatic heterocycles. The van der Waals surface area contributed by atoms with E-state index in [0.717, 1.165) is 10.5 Å². The molecule has 0 fully saturated rings. The van der Waals surface area contributed by atoms with Gasteiger partial charge < -0.3 is 5.73 Å². The molecular formula is C14H15FN2S. The van der Waals surface area contributed by atoms with Crippen LogP contribution in [-0.2, 0) is 0 Å². The van der Waals surface area contributed by atoms with Crippen molar-refractivity contribution in [3.63, 3.8) is 0 Å². The fourth-order valence-electron chi connectivity index (χ4n) is 1.68. The van der Waals surface area contributed by atoms with Gasteiger partial charge in [0.25, 0.3) is 0 Å². The number of halogens is 1. The third-order valence-electron chi connectivity index (χ3n) is 2.57. The van der Waals surface area contributed by atoms with Crippen LogP contribution < -0.4 is 5.73 Å². The maximum absolute atomic E-state index is 12.9. The zero-order chi connectivity index (χ0) is 13.0. The predicted molar refractivity (Wildman–Crippen MR) is 72.9 cm³/mol. The predicted octanol–water partition coefficient (Wildman–Crippen LogP) is 3.40. The van der Waals surface area contributed by atoms with Crippen molar-refractivity contribution in [2.24, 2.45) is 5.73 Å². The minimum Gasteiger partial charge on any atom is -0.327 e. The number of nitrogens with zero attached hydrogens (tertiary/aromatic N) is 1. The van der Waals surface area contributed by atoms with E-state index in [4.69, 9.17) is 5.73 Å². The van der Waals surface area contributed by atoms with Crippen molar-refractivity contribution in [3.05, 3.63) is 60.2 Å². The summed E-state index contributed by atoms with van der Waals surface area (Å²) < 4.78 is 12.9. The van der Waals surface area contributed by atoms with Crippen LogP contribution in [0.2, 0.25) is 0 Å². The zero-order valence-electron chi connectivity index (χ0n) is 10.1. The van der Waals surface area contributed by atoms with Crippen LogP contribution in [0.1, 0.15) is 17.7 Å². The van der Waals surface area contributed by atoms with Gasteiger partial charge >= 0.3 is 0 Å². The fourth-order valence-corrected chi connectivity index (χ4v) is 2.76. The minimum absolute atomic E-state index is 0.00995. The van der Waals surface area contributed by atoms with Gasteiger partial charge in [0.05, 0.1) is 5.25 Å². The third kappa shape index (κ3) is 3.31. The van der Waals surface area contributed by atoms with Gasteiger partial charge in [0.15, 0.2) is 0 Å². The first kappa shape index (κ1) is 13.1. The molecule has 2 nitrogen and oxygen atoms in total. The van der Waals surface area contributed by atoms with Crippen molar-refractivity contribution in [2.45, 2.75) is 23.1 Å². The van der Waals surface area contributed by atoms with Crippen LogP contribution in [0.3, 0.4) is 0 Å². The number of nitrogens with two attached hydrogens (primary N) is 1. The Morgan fingerprint density at radius 2 is 1.94 bits per heavy atom. The summed E-state index contributed by atoms with van der Waals surface area (Å²) in [6.45, 7) is 1.97. The molecule has 0 radical (unpaired) electrons. The van der Waals surface area contributed by atoms with Gasteiger partial charge in [-0.1, -0.05) is 6.07 Å². The third-order valence-corrected chi connectivity index (χ3v) is 4.07. The summed E-state index contributed by atoms with van der Waals surface area (Å²) in [6.07, 6.45) is 3.56. The molecule has 0 saturated heterocycles. The number of thioether (sulfide) groups is 1. The summed E-state index contributed by atoms with van der Waals surface area (Å²) in [5, 5.41) is 0.115. The Kier molecular flexibility index (Phi) is 4.33. The van der Waals surface area contributed by atoms with Gasteiger partial charge in [-0.3, -0.25) is 4.98 Å². The average molecular weight is 262 g/mol. The Balaban J connectivity index is 2.19. The number of pyridine rings is 1. The monoisotopic (exact) mass is 262 g/mol. The molecule has 4 heteroatoms. The second kappa shape index (κ2) is 5.98. The van der Waals surface area contributed by atoms with Crippen molar-refractivity contribution in [2.75, 3.05) is 0 Å². The van der Waals surface area contributed by atoms with E-state index in [1.807, 2.05) is 25.3 Å². The van der Waals surface area contributed by atoms with Crippen LogP contribution >= 0.6 is 11.8 Å². The van der Waals surface area contributed by atoms with Gasteiger partial charge in [0.2, 0.25) is 0 Å². The Bertz CT molecular complexity index is 485. The van der Waals surface area contributed by atoms with Crippen molar-refractivity contribution < 1.29 is 4.39 Å². The van der Waals surface area contributed by atoms with E-state index in [1.165, 1.54) is 12.1 Å². The second-order valence-electron chi connectivity index (χ2n) is 4.14. The SMILES string of the molecule is CC(N)C(Sc1ccc(F)cc1)c1cccnc1. The molecule has 0 aliphatic carbocycles. The van der Waals surface area contributed by atoms with E-state index in [-0.39, 0.29) is 17.1 Å². The van der Waals surface area contributed by atoms with Crippen LogP contribution in [-0.4, -0.2) is 11.0 Å². The van der Waals surface area contributed by atoms with E-state index in [2.05, 4.69) is 4.98 Å². The molecule has 18 heavy (non-hydrogen) atoms. The van der Waals surface area contributed by atoms with E-state index in [1.54, 1.807) is 30.1 Å². The molecule has 0 saturated carbocycles. The quantitative estimate of drug-likeness (QED) is 0.858. The lowest BCUT2D eigenvalue weighted by atomic mass is 10.1. The fraction of sp³-hybridized carbons (Fsp3) is 0.214. The maximum Gasteiger partial charge on any atom is 0.123 e. The van der Waals surface area contributed by atoms with Crippen molar-refractivity contribution in [1.29, 1.82) is 0 Å². The highest BCUT2D eigenvalue weighted by Crippen LogP contribution is 2.36. The first-order valence-corrected chi connectivity index (χ1v) is 6.62. The van der Waals surface area contributed by atoms with Gasteiger partial charge in [0.1, 0.15) is 5.82 Å². The second-order valence-corrected chi connectivity index (χ2v) is 5.35. The molecule has 0 aliphatic rings. The molecule has 2 rings (SSSR count). The summed E-state index contributed by atoms with van der Waals surface area (Å²) in [7, 11) is 0. The van der Waals surface area contributed by atoms with Crippen LogP contribution in [0.5, 0.6) is 0 Å². The molecule has 2 aromatic rings. The highest BCUT2D eigenvalue weighted by molar-refractivity contribution is 7.99. The molecular weight excluding hydrogens is 247 g/mol. The smallest absolute Gasteiger partial charge is 0.123 e. The van der Waals surface area contributed by atoms with Crippen molar-refractivity contribution >= 4 is 11.8 Å². The Hall–Kier alpha value is -1.39. The highest BCUT2D eigenvalue weighted by Gasteiger charge is 2.17. The van der Waals surface area contributed by atoms with Gasteiger partial charge in [-0.15, -0.1) is 11.8 Å². The van der Waals surface area contributed by atoms with E-state index >= 15 is 0 Å². The molecule has 0 bridgehead atoms. The summed E-state index contributed by atoms with van der Waals surface area (Å²) in [5.74, 6) is -0.224. The standard InChI is InChI=1S/C14H15FN2S/c1-10(16)14(11-3-2-8-17-9-11)18-13-6-4-12(15)5-7-13/h2-10,14H,16H2,1H3. The van der Waals surface area contributed by atoms with E-state index in [0.29, 0.717) is 0 Å². The van der Waals surface area contributed by atoms with Gasteiger partial charge in [-0.2, -0.15) is 0 Å². The largest absolute Gasteiger partial charge is 0.327 e. The van der Waals surface area contributed by atoms with E-state index < -0.39 is 0 Å². The first-order chi connectivity index (χ1) is 8.66.